The fourth-order valence-corrected chi connectivity index (χ4v) is 3.36. The summed E-state index contributed by atoms with van der Waals surface area (Å²) in [7, 11) is 0. The van der Waals surface area contributed by atoms with Crippen LogP contribution < -0.4 is 5.32 Å². The summed E-state index contributed by atoms with van der Waals surface area (Å²) >= 11 is 5.98. The first kappa shape index (κ1) is 19.1. The number of aryl methyl sites for hydroxylation is 1. The number of Topliss-reactive ketones (excluding diaryl/α,β-unsaturated/α-hetero) is 1. The van der Waals surface area contributed by atoms with Crippen molar-refractivity contribution in [3.05, 3.63) is 46.9 Å². The predicted octanol–water partition coefficient (Wildman–Crippen LogP) is 3.29. The Morgan fingerprint density at radius 2 is 2.22 bits per heavy atom. The minimum Gasteiger partial charge on any atom is -0.481 e. The Labute approximate surface area is 162 Å². The highest BCUT2D eigenvalue weighted by molar-refractivity contribution is 6.30. The van der Waals surface area contributed by atoms with Gasteiger partial charge in [0.2, 0.25) is 5.78 Å². The average Bonchev–Trinajstić information content (AvgIpc) is 2.94. The number of carbonyl (C=O) groups is 2. The van der Waals surface area contributed by atoms with Crippen LogP contribution in [0.4, 0.5) is 5.82 Å². The molecule has 0 aliphatic carbocycles. The van der Waals surface area contributed by atoms with Crippen molar-refractivity contribution < 1.29 is 14.7 Å². The number of halogens is 1. The second kappa shape index (κ2) is 8.81. The molecular weight excluding hydrogens is 368 g/mol. The Morgan fingerprint density at radius 3 is 3.00 bits per heavy atom. The number of nitrogens with one attached hydrogen (secondary N) is 1. The van der Waals surface area contributed by atoms with Crippen LogP contribution in [0.1, 0.15) is 35.3 Å². The summed E-state index contributed by atoms with van der Waals surface area (Å²) < 4.78 is 1.87. The average molecular weight is 389 g/mol. The minimum atomic E-state index is -0.796. The first-order valence-corrected chi connectivity index (χ1v) is 9.23. The number of fused-ring (bicyclic) bond motifs is 1. The molecule has 3 rings (SSSR count). The molecule has 8 heteroatoms. The lowest BCUT2D eigenvalue weighted by Gasteiger charge is -2.13. The summed E-state index contributed by atoms with van der Waals surface area (Å²) in [6, 6.07) is 7.31. The Hall–Kier alpha value is -2.67. The lowest BCUT2D eigenvalue weighted by atomic mass is 9.94. The number of carboxylic acids is 1. The highest BCUT2D eigenvalue weighted by Gasteiger charge is 2.20. The number of carboxylic acid groups (broad SMARTS) is 1. The largest absolute Gasteiger partial charge is 0.481 e. The number of aliphatic carboxylic acids is 1. The van der Waals surface area contributed by atoms with E-state index in [0.717, 1.165) is 18.4 Å². The zero-order valence-corrected chi connectivity index (χ0v) is 15.5. The molecule has 1 aromatic carbocycles. The van der Waals surface area contributed by atoms with Crippen molar-refractivity contribution in [2.75, 3.05) is 11.9 Å². The quantitative estimate of drug-likeness (QED) is 0.676. The third kappa shape index (κ3) is 4.95. The summed E-state index contributed by atoms with van der Waals surface area (Å²) in [5.74, 6) is -0.711. The maximum Gasteiger partial charge on any atom is 0.306 e. The van der Waals surface area contributed by atoms with Crippen molar-refractivity contribution in [1.82, 2.24) is 9.55 Å². The molecule has 0 bridgehead atoms. The van der Waals surface area contributed by atoms with Gasteiger partial charge in [-0.3, -0.25) is 14.6 Å². The molecule has 1 aliphatic rings. The molecule has 0 radical (unpaired) electrons. The van der Waals surface area contributed by atoms with Gasteiger partial charge in [-0.1, -0.05) is 30.2 Å². The van der Waals surface area contributed by atoms with Gasteiger partial charge in [-0.05, 0) is 37.0 Å². The Morgan fingerprint density at radius 1 is 1.37 bits per heavy atom. The number of aromatic nitrogens is 2. The van der Waals surface area contributed by atoms with Crippen LogP contribution in [-0.4, -0.2) is 39.3 Å². The Balaban J connectivity index is 1.53. The van der Waals surface area contributed by atoms with E-state index in [9.17, 15) is 14.7 Å². The predicted molar refractivity (Wildman–Crippen MR) is 104 cm³/mol. The number of hydrogen-bond acceptors (Lipinski definition) is 5. The number of hydrogen-bond donors (Lipinski definition) is 2. The summed E-state index contributed by atoms with van der Waals surface area (Å²) in [4.78, 5) is 31.6. The highest BCUT2D eigenvalue weighted by Crippen LogP contribution is 2.21. The van der Waals surface area contributed by atoms with Crippen molar-refractivity contribution in [2.24, 2.45) is 10.9 Å². The molecule has 7 nitrogen and oxygen atoms in total. The van der Waals surface area contributed by atoms with Gasteiger partial charge in [-0.25, -0.2) is 4.98 Å². The topological polar surface area (TPSA) is 96.6 Å². The number of unbranched alkanes of at least 4 members (excludes halogenated alkanes) is 1. The number of imidazole rings is 1. The standard InChI is InChI=1S/C19H21ClN4O3/c20-15-6-3-4-13(9-15)8-14(19(26)27)5-1-2-7-24-12-23-17-16(25)10-21-11-22-18(17)24/h3-4,6,9,11-12,14H,1-2,5,7-8,10H2,(H,21,22)(H,26,27). The van der Waals surface area contributed by atoms with Crippen LogP contribution in [0.5, 0.6) is 0 Å². The molecule has 1 aliphatic heterocycles. The van der Waals surface area contributed by atoms with E-state index in [0.29, 0.717) is 35.9 Å². The normalized spacial score (nSPS) is 14.3. The number of rotatable bonds is 8. The molecule has 1 unspecified atom stereocenters. The summed E-state index contributed by atoms with van der Waals surface area (Å²) in [6.45, 7) is 0.751. The smallest absolute Gasteiger partial charge is 0.306 e. The first-order valence-electron chi connectivity index (χ1n) is 8.85. The third-order valence-corrected chi connectivity index (χ3v) is 4.79. The molecule has 0 amide bonds. The van der Waals surface area contributed by atoms with Crippen LogP contribution in [0.2, 0.25) is 5.02 Å². The Kier molecular flexibility index (Phi) is 6.24. The lowest BCUT2D eigenvalue weighted by molar-refractivity contribution is -0.142. The maximum atomic E-state index is 11.9. The van der Waals surface area contributed by atoms with E-state index in [-0.39, 0.29) is 12.3 Å². The fraction of sp³-hybridized carbons (Fsp3) is 0.368. The van der Waals surface area contributed by atoms with Gasteiger partial charge in [0.25, 0.3) is 0 Å². The van der Waals surface area contributed by atoms with Gasteiger partial charge in [0, 0.05) is 11.6 Å². The molecule has 2 N–H and O–H groups in total. The van der Waals surface area contributed by atoms with E-state index in [2.05, 4.69) is 15.3 Å². The van der Waals surface area contributed by atoms with Crippen molar-refractivity contribution in [1.29, 1.82) is 0 Å². The van der Waals surface area contributed by atoms with Crippen LogP contribution in [0, 0.1) is 5.92 Å². The second-order valence-electron chi connectivity index (χ2n) is 6.54. The lowest BCUT2D eigenvalue weighted by Crippen LogP contribution is -2.16. The van der Waals surface area contributed by atoms with Crippen LogP contribution in [-0.2, 0) is 17.8 Å². The van der Waals surface area contributed by atoms with Gasteiger partial charge >= 0.3 is 5.97 Å². The van der Waals surface area contributed by atoms with Crippen molar-refractivity contribution >= 4 is 35.5 Å². The highest BCUT2D eigenvalue weighted by atomic mass is 35.5. The molecular formula is C19H21ClN4O3. The zero-order chi connectivity index (χ0) is 19.2. The van der Waals surface area contributed by atoms with E-state index in [1.165, 1.54) is 6.34 Å². The van der Waals surface area contributed by atoms with Crippen LogP contribution in [0.3, 0.4) is 0 Å². The van der Waals surface area contributed by atoms with E-state index >= 15 is 0 Å². The Bertz CT molecular complexity index is 862. The zero-order valence-electron chi connectivity index (χ0n) is 14.8. The van der Waals surface area contributed by atoms with Crippen LogP contribution in [0.25, 0.3) is 0 Å². The van der Waals surface area contributed by atoms with Gasteiger partial charge in [-0.15, -0.1) is 0 Å². The van der Waals surface area contributed by atoms with Crippen molar-refractivity contribution in [2.45, 2.75) is 32.2 Å². The van der Waals surface area contributed by atoms with E-state index in [1.807, 2.05) is 22.8 Å². The summed E-state index contributed by atoms with van der Waals surface area (Å²) in [6.07, 6.45) is 5.72. The van der Waals surface area contributed by atoms with Gasteiger partial charge in [0.1, 0.15) is 12.4 Å². The molecule has 0 saturated heterocycles. The fourth-order valence-electron chi connectivity index (χ4n) is 3.15. The number of carbonyl (C=O) groups excluding carboxylic acids is 1. The molecule has 0 spiro atoms. The van der Waals surface area contributed by atoms with Gasteiger partial charge < -0.3 is 15.0 Å². The van der Waals surface area contributed by atoms with Gasteiger partial charge in [0.05, 0.1) is 18.6 Å². The van der Waals surface area contributed by atoms with Crippen molar-refractivity contribution in [3.63, 3.8) is 0 Å². The summed E-state index contributed by atoms with van der Waals surface area (Å²) in [5.41, 5.74) is 1.33. The number of ketones is 1. The van der Waals surface area contributed by atoms with E-state index in [1.54, 1.807) is 12.4 Å². The van der Waals surface area contributed by atoms with Crippen molar-refractivity contribution in [3.8, 4) is 0 Å². The minimum absolute atomic E-state index is 0.0980. The monoisotopic (exact) mass is 388 g/mol. The number of benzene rings is 1. The molecule has 2 aromatic rings. The molecule has 0 fully saturated rings. The number of nitrogens with zero attached hydrogens (tertiary/aromatic N) is 3. The second-order valence-corrected chi connectivity index (χ2v) is 6.97. The maximum absolute atomic E-state index is 11.9. The molecule has 0 saturated carbocycles. The SMILES string of the molecule is O=C1CN=CNc2c1ncn2CCCCC(Cc1cccc(Cl)c1)C(=O)O. The molecule has 2 heterocycles. The van der Waals surface area contributed by atoms with E-state index < -0.39 is 11.9 Å². The van der Waals surface area contributed by atoms with Crippen LogP contribution >= 0.6 is 11.6 Å². The van der Waals surface area contributed by atoms with E-state index in [4.69, 9.17) is 11.6 Å². The first-order chi connectivity index (χ1) is 13.0. The summed E-state index contributed by atoms with van der Waals surface area (Å²) in [5, 5.41) is 13.1. The number of anilines is 1. The molecule has 1 aromatic heterocycles. The third-order valence-electron chi connectivity index (χ3n) is 4.55. The molecule has 142 valence electrons. The van der Waals surface area contributed by atoms with Gasteiger partial charge in [0.15, 0.2) is 5.69 Å². The molecule has 1 atom stereocenters. The molecule has 27 heavy (non-hydrogen) atoms. The van der Waals surface area contributed by atoms with Crippen LogP contribution in [0.15, 0.2) is 35.6 Å². The number of aliphatic imine (C=N–C) groups is 1. The van der Waals surface area contributed by atoms with Gasteiger partial charge in [-0.2, -0.15) is 0 Å².